The fourth-order valence-electron chi connectivity index (χ4n) is 4.75. The lowest BCUT2D eigenvalue weighted by atomic mass is 9.97. The Hall–Kier alpha value is -3.52. The van der Waals surface area contributed by atoms with Crippen molar-refractivity contribution >= 4 is 38.3 Å². The molecule has 1 amide bonds. The number of methoxy groups -OCH3 is 1. The molecule has 5 rings (SSSR count). The summed E-state index contributed by atoms with van der Waals surface area (Å²) in [5, 5.41) is 8.98. The van der Waals surface area contributed by atoms with E-state index in [4.69, 9.17) is 4.74 Å². The number of halogens is 1. The largest absolute Gasteiger partial charge is 0.481 e. The van der Waals surface area contributed by atoms with Gasteiger partial charge in [-0.15, -0.1) is 0 Å². The van der Waals surface area contributed by atoms with Gasteiger partial charge in [-0.1, -0.05) is 35.0 Å². The summed E-state index contributed by atoms with van der Waals surface area (Å²) < 4.78 is 7.45. The lowest BCUT2D eigenvalue weighted by Gasteiger charge is -2.17. The zero-order valence-corrected chi connectivity index (χ0v) is 21.2. The van der Waals surface area contributed by atoms with Gasteiger partial charge in [-0.25, -0.2) is 9.67 Å². The van der Waals surface area contributed by atoms with Crippen molar-refractivity contribution in [1.82, 2.24) is 14.8 Å². The average molecular weight is 533 g/mol. The van der Waals surface area contributed by atoms with E-state index in [1.54, 1.807) is 19.4 Å². The van der Waals surface area contributed by atoms with Crippen molar-refractivity contribution in [3.63, 3.8) is 0 Å². The van der Waals surface area contributed by atoms with Crippen molar-refractivity contribution in [2.75, 3.05) is 12.4 Å². The molecular formula is C27H25BrN4O3. The average Bonchev–Trinajstić information content (AvgIpc) is 3.35. The standard InChI is InChI=1S/C27H25BrN4O3/c1-3-23-22-14-18(28)8-10-21(22)27(34)32(31-23)15-24(33)30-26-19-6-4-5-16(19)7-9-20(26)17-11-12-29-25(13-17)35-2/h7-14H,3-6,15H2,1-2H3,(H,30,33). The molecule has 0 radical (unpaired) electrons. The van der Waals surface area contributed by atoms with Crippen LogP contribution in [0.3, 0.4) is 0 Å². The second-order valence-electron chi connectivity index (χ2n) is 8.57. The maximum Gasteiger partial charge on any atom is 0.275 e. The second kappa shape index (κ2) is 9.62. The number of hydrogen-bond donors (Lipinski definition) is 1. The molecule has 0 atom stereocenters. The maximum atomic E-state index is 13.3. The van der Waals surface area contributed by atoms with E-state index in [9.17, 15) is 9.59 Å². The third-order valence-electron chi connectivity index (χ3n) is 6.43. The van der Waals surface area contributed by atoms with Crippen LogP contribution in [0.4, 0.5) is 5.69 Å². The number of carbonyl (C=O) groups is 1. The third-order valence-corrected chi connectivity index (χ3v) is 6.92. The van der Waals surface area contributed by atoms with Gasteiger partial charge in [-0.05, 0) is 66.6 Å². The third kappa shape index (κ3) is 4.46. The molecule has 2 aromatic carbocycles. The first-order chi connectivity index (χ1) is 17.0. The van der Waals surface area contributed by atoms with Crippen molar-refractivity contribution in [1.29, 1.82) is 0 Å². The minimum atomic E-state index is -0.291. The topological polar surface area (TPSA) is 86.1 Å². The molecule has 0 spiro atoms. The summed E-state index contributed by atoms with van der Waals surface area (Å²) in [5.41, 5.74) is 5.47. The van der Waals surface area contributed by atoms with Crippen LogP contribution in [0, 0.1) is 0 Å². The van der Waals surface area contributed by atoms with Crippen LogP contribution in [0.5, 0.6) is 5.88 Å². The van der Waals surface area contributed by atoms with Gasteiger partial charge >= 0.3 is 0 Å². The highest BCUT2D eigenvalue weighted by molar-refractivity contribution is 9.10. The lowest BCUT2D eigenvalue weighted by molar-refractivity contribution is -0.117. The Morgan fingerprint density at radius 2 is 2.00 bits per heavy atom. The molecule has 0 fully saturated rings. The number of anilines is 1. The molecular weight excluding hydrogens is 508 g/mol. The fraction of sp³-hybridized carbons (Fsp3) is 0.259. The highest BCUT2D eigenvalue weighted by atomic mass is 79.9. The van der Waals surface area contributed by atoms with Crippen molar-refractivity contribution < 1.29 is 9.53 Å². The highest BCUT2D eigenvalue weighted by Gasteiger charge is 2.21. The van der Waals surface area contributed by atoms with Crippen LogP contribution >= 0.6 is 15.9 Å². The van der Waals surface area contributed by atoms with E-state index in [2.05, 4.69) is 37.4 Å². The summed E-state index contributed by atoms with van der Waals surface area (Å²) in [5.74, 6) is 0.214. The van der Waals surface area contributed by atoms with Gasteiger partial charge in [-0.3, -0.25) is 9.59 Å². The van der Waals surface area contributed by atoms with Crippen LogP contribution in [-0.2, 0) is 30.6 Å². The zero-order valence-electron chi connectivity index (χ0n) is 19.6. The molecule has 0 saturated heterocycles. The molecule has 0 aliphatic heterocycles. The maximum absolute atomic E-state index is 13.3. The Balaban J connectivity index is 1.52. The van der Waals surface area contributed by atoms with Crippen LogP contribution in [0.1, 0.15) is 30.2 Å². The van der Waals surface area contributed by atoms with Crippen molar-refractivity contribution in [3.8, 4) is 17.0 Å². The number of nitrogens with zero attached hydrogens (tertiary/aromatic N) is 3. The molecule has 1 N–H and O–H groups in total. The Labute approximate surface area is 211 Å². The van der Waals surface area contributed by atoms with Gasteiger partial charge in [0.25, 0.3) is 5.56 Å². The summed E-state index contributed by atoms with van der Waals surface area (Å²) in [6.45, 7) is 1.82. The van der Waals surface area contributed by atoms with E-state index in [0.717, 1.165) is 57.2 Å². The first kappa shape index (κ1) is 23.2. The molecule has 0 bridgehead atoms. The predicted octanol–water partition coefficient (Wildman–Crippen LogP) is 4.92. The number of fused-ring (bicyclic) bond motifs is 2. The number of carbonyl (C=O) groups excluding carboxylic acids is 1. The van der Waals surface area contributed by atoms with E-state index >= 15 is 0 Å². The van der Waals surface area contributed by atoms with Crippen LogP contribution in [0.2, 0.25) is 0 Å². The van der Waals surface area contributed by atoms with Gasteiger partial charge in [0.2, 0.25) is 11.8 Å². The van der Waals surface area contributed by atoms with Gasteiger partial charge in [0, 0.05) is 27.7 Å². The Morgan fingerprint density at radius 3 is 2.80 bits per heavy atom. The van der Waals surface area contributed by atoms with E-state index in [1.165, 1.54) is 10.2 Å². The summed E-state index contributed by atoms with van der Waals surface area (Å²) in [6.07, 6.45) is 5.26. The zero-order chi connectivity index (χ0) is 24.5. The van der Waals surface area contributed by atoms with Gasteiger partial charge in [-0.2, -0.15) is 5.10 Å². The first-order valence-electron chi connectivity index (χ1n) is 11.6. The Kier molecular flexibility index (Phi) is 6.38. The van der Waals surface area contributed by atoms with E-state index in [1.807, 2.05) is 37.3 Å². The Morgan fingerprint density at radius 1 is 1.14 bits per heavy atom. The number of aryl methyl sites for hydroxylation is 2. The molecule has 8 heteroatoms. The summed E-state index contributed by atoms with van der Waals surface area (Å²) in [4.78, 5) is 30.6. The smallest absolute Gasteiger partial charge is 0.275 e. The number of aromatic nitrogens is 3. The molecule has 4 aromatic rings. The van der Waals surface area contributed by atoms with E-state index in [-0.39, 0.29) is 18.0 Å². The second-order valence-corrected chi connectivity index (χ2v) is 9.48. The van der Waals surface area contributed by atoms with E-state index in [0.29, 0.717) is 17.7 Å². The molecule has 1 aliphatic carbocycles. The monoisotopic (exact) mass is 532 g/mol. The van der Waals surface area contributed by atoms with Crippen LogP contribution in [0.25, 0.3) is 21.9 Å². The lowest BCUT2D eigenvalue weighted by Crippen LogP contribution is -2.31. The van der Waals surface area contributed by atoms with Crippen molar-refractivity contribution in [3.05, 3.63) is 80.3 Å². The summed E-state index contributed by atoms with van der Waals surface area (Å²) >= 11 is 3.46. The number of hydrogen-bond acceptors (Lipinski definition) is 5. The van der Waals surface area contributed by atoms with Crippen LogP contribution < -0.4 is 15.6 Å². The highest BCUT2D eigenvalue weighted by Crippen LogP contribution is 2.38. The molecule has 0 saturated carbocycles. The number of ether oxygens (including phenoxy) is 1. The van der Waals surface area contributed by atoms with E-state index < -0.39 is 0 Å². The normalized spacial score (nSPS) is 12.5. The molecule has 2 heterocycles. The predicted molar refractivity (Wildman–Crippen MR) is 140 cm³/mol. The minimum absolute atomic E-state index is 0.166. The van der Waals surface area contributed by atoms with Crippen molar-refractivity contribution in [2.24, 2.45) is 0 Å². The van der Waals surface area contributed by atoms with Gasteiger partial charge in [0.05, 0.1) is 23.9 Å². The first-order valence-corrected chi connectivity index (χ1v) is 12.4. The quantitative estimate of drug-likeness (QED) is 0.381. The number of amides is 1. The molecule has 35 heavy (non-hydrogen) atoms. The van der Waals surface area contributed by atoms with Gasteiger partial charge in [0.15, 0.2) is 0 Å². The number of rotatable bonds is 6. The SMILES string of the molecule is CCc1nn(CC(=O)Nc2c(-c3ccnc(OC)c3)ccc3c2CCC3)c(=O)c2ccc(Br)cc12. The fourth-order valence-corrected chi connectivity index (χ4v) is 5.11. The molecule has 7 nitrogen and oxygen atoms in total. The van der Waals surface area contributed by atoms with Crippen molar-refractivity contribution in [2.45, 2.75) is 39.2 Å². The van der Waals surface area contributed by atoms with Crippen LogP contribution in [0.15, 0.2) is 57.9 Å². The molecule has 178 valence electrons. The molecule has 0 unspecified atom stereocenters. The summed E-state index contributed by atoms with van der Waals surface area (Å²) in [7, 11) is 1.58. The number of nitrogens with one attached hydrogen (secondary N) is 1. The molecule has 2 aromatic heterocycles. The van der Waals surface area contributed by atoms with Gasteiger partial charge in [0.1, 0.15) is 6.54 Å². The van der Waals surface area contributed by atoms with Crippen LogP contribution in [-0.4, -0.2) is 27.8 Å². The van der Waals surface area contributed by atoms with Gasteiger partial charge < -0.3 is 10.1 Å². The molecule has 1 aliphatic rings. The number of pyridine rings is 1. The minimum Gasteiger partial charge on any atom is -0.481 e. The number of benzene rings is 2. The Bertz CT molecular complexity index is 1510. The summed E-state index contributed by atoms with van der Waals surface area (Å²) in [6, 6.07) is 13.4.